The molecule has 1 saturated heterocycles. The van der Waals surface area contributed by atoms with Gasteiger partial charge in [0.15, 0.2) is 0 Å². The highest BCUT2D eigenvalue weighted by Crippen LogP contribution is 2.22. The molecule has 8 nitrogen and oxygen atoms in total. The topological polar surface area (TPSA) is 84.5 Å². The van der Waals surface area contributed by atoms with Gasteiger partial charge in [-0.15, -0.1) is 0 Å². The largest absolute Gasteiger partial charge is 0.368 e. The van der Waals surface area contributed by atoms with Crippen molar-refractivity contribution in [3.8, 4) is 11.3 Å². The highest BCUT2D eigenvalue weighted by Gasteiger charge is 2.25. The average Bonchev–Trinajstić information content (AvgIpc) is 3.15. The summed E-state index contributed by atoms with van der Waals surface area (Å²) >= 11 is 0. The number of aryl methyl sites for hydroxylation is 1. The Balaban J connectivity index is 1.43. The molecule has 0 aliphatic carbocycles. The highest BCUT2D eigenvalue weighted by atomic mass is 16.6. The van der Waals surface area contributed by atoms with Gasteiger partial charge in [-0.25, -0.2) is 0 Å². The molecule has 1 aromatic heterocycles. The van der Waals surface area contributed by atoms with E-state index in [0.29, 0.717) is 31.9 Å². The Bertz CT molecular complexity index is 1020. The molecule has 0 atom stereocenters. The molecule has 4 rings (SSSR count). The van der Waals surface area contributed by atoms with E-state index in [-0.39, 0.29) is 11.6 Å². The minimum atomic E-state index is -0.405. The van der Waals surface area contributed by atoms with Crippen LogP contribution in [0.1, 0.15) is 10.5 Å². The first kappa shape index (κ1) is 18.7. The molecular weight excluding hydrogens is 370 g/mol. The Kier molecular flexibility index (Phi) is 4.99. The number of anilines is 1. The van der Waals surface area contributed by atoms with Crippen molar-refractivity contribution in [1.82, 2.24) is 14.7 Å². The van der Waals surface area contributed by atoms with E-state index in [1.165, 1.54) is 12.1 Å². The van der Waals surface area contributed by atoms with Crippen LogP contribution in [0.15, 0.2) is 60.7 Å². The number of nitro benzene ring substituents is 1. The molecule has 1 aliphatic rings. The first-order chi connectivity index (χ1) is 14.0. The fraction of sp³-hybridized carbons (Fsp3) is 0.238. The number of hydrogen-bond donors (Lipinski definition) is 0. The summed E-state index contributed by atoms with van der Waals surface area (Å²) in [7, 11) is 1.78. The monoisotopic (exact) mass is 391 g/mol. The van der Waals surface area contributed by atoms with Gasteiger partial charge in [0.05, 0.1) is 10.6 Å². The van der Waals surface area contributed by atoms with Gasteiger partial charge in [0.1, 0.15) is 5.69 Å². The Hall–Kier alpha value is -3.68. The molecule has 3 aromatic rings. The van der Waals surface area contributed by atoms with Gasteiger partial charge in [-0.2, -0.15) is 5.10 Å². The Morgan fingerprint density at radius 2 is 1.66 bits per heavy atom. The molecule has 148 valence electrons. The number of non-ortho nitro benzene ring substituents is 1. The van der Waals surface area contributed by atoms with Crippen LogP contribution in [0.2, 0.25) is 0 Å². The van der Waals surface area contributed by atoms with E-state index in [2.05, 4.69) is 10.00 Å². The molecule has 8 heteroatoms. The summed E-state index contributed by atoms with van der Waals surface area (Å²) in [5, 5.41) is 15.3. The van der Waals surface area contributed by atoms with Crippen molar-refractivity contribution in [3.63, 3.8) is 0 Å². The van der Waals surface area contributed by atoms with Gasteiger partial charge in [0, 0.05) is 56.6 Å². The van der Waals surface area contributed by atoms with Crippen LogP contribution < -0.4 is 4.90 Å². The summed E-state index contributed by atoms with van der Waals surface area (Å²) in [6.07, 6.45) is 0. The summed E-state index contributed by atoms with van der Waals surface area (Å²) in [4.78, 5) is 27.4. The van der Waals surface area contributed by atoms with Crippen molar-refractivity contribution in [2.24, 2.45) is 7.05 Å². The number of nitro groups is 1. The smallest absolute Gasteiger partial charge is 0.272 e. The molecule has 1 amide bonds. The normalized spacial score (nSPS) is 14.1. The minimum Gasteiger partial charge on any atom is -0.368 e. The van der Waals surface area contributed by atoms with Gasteiger partial charge in [-0.3, -0.25) is 19.6 Å². The molecule has 0 saturated carbocycles. The van der Waals surface area contributed by atoms with E-state index in [1.807, 2.05) is 41.3 Å². The van der Waals surface area contributed by atoms with Crippen molar-refractivity contribution < 1.29 is 9.72 Å². The molecule has 1 fully saturated rings. The number of carbonyl (C=O) groups excluding carboxylic acids is 1. The Morgan fingerprint density at radius 1 is 1.00 bits per heavy atom. The number of benzene rings is 2. The van der Waals surface area contributed by atoms with Crippen LogP contribution in [0.4, 0.5) is 11.4 Å². The first-order valence-corrected chi connectivity index (χ1v) is 9.41. The van der Waals surface area contributed by atoms with Crippen LogP contribution in [0.3, 0.4) is 0 Å². The fourth-order valence-electron chi connectivity index (χ4n) is 3.53. The molecule has 0 radical (unpaired) electrons. The zero-order valence-corrected chi connectivity index (χ0v) is 16.1. The molecule has 1 aliphatic heterocycles. The summed E-state index contributed by atoms with van der Waals surface area (Å²) < 4.78 is 1.63. The van der Waals surface area contributed by atoms with Gasteiger partial charge in [-0.05, 0) is 18.2 Å². The van der Waals surface area contributed by atoms with E-state index in [4.69, 9.17) is 0 Å². The van der Waals surface area contributed by atoms with E-state index < -0.39 is 4.92 Å². The lowest BCUT2D eigenvalue weighted by Crippen LogP contribution is -2.49. The third-order valence-electron chi connectivity index (χ3n) is 5.16. The number of piperazine rings is 1. The van der Waals surface area contributed by atoms with Crippen molar-refractivity contribution in [3.05, 3.63) is 76.5 Å². The van der Waals surface area contributed by atoms with Gasteiger partial charge in [-0.1, -0.05) is 30.3 Å². The standard InChI is InChI=1S/C21H21N5O3/c1-23-20(15-19(22-23)16-5-3-2-4-6-16)21(27)25-13-11-24(12-14-25)17-7-9-18(10-8-17)26(28)29/h2-10,15H,11-14H2,1H3. The second-order valence-electron chi connectivity index (χ2n) is 6.96. The zero-order valence-electron chi connectivity index (χ0n) is 16.1. The lowest BCUT2D eigenvalue weighted by atomic mass is 10.1. The molecule has 2 aromatic carbocycles. The first-order valence-electron chi connectivity index (χ1n) is 9.41. The summed E-state index contributed by atoms with van der Waals surface area (Å²) in [5.74, 6) is -0.0365. The van der Waals surface area contributed by atoms with Crippen LogP contribution in [0, 0.1) is 10.1 Å². The zero-order chi connectivity index (χ0) is 20.4. The summed E-state index contributed by atoms with van der Waals surface area (Å²) in [5.41, 5.74) is 3.32. The van der Waals surface area contributed by atoms with E-state index >= 15 is 0 Å². The molecule has 29 heavy (non-hydrogen) atoms. The fourth-order valence-corrected chi connectivity index (χ4v) is 3.53. The number of hydrogen-bond acceptors (Lipinski definition) is 5. The van der Waals surface area contributed by atoms with Crippen LogP contribution in [-0.4, -0.2) is 51.7 Å². The van der Waals surface area contributed by atoms with Crippen LogP contribution in [0.5, 0.6) is 0 Å². The third kappa shape index (κ3) is 3.82. The predicted molar refractivity (Wildman–Crippen MR) is 110 cm³/mol. The second-order valence-corrected chi connectivity index (χ2v) is 6.96. The number of amides is 1. The third-order valence-corrected chi connectivity index (χ3v) is 5.16. The van der Waals surface area contributed by atoms with E-state index in [9.17, 15) is 14.9 Å². The lowest BCUT2D eigenvalue weighted by Gasteiger charge is -2.36. The molecule has 2 heterocycles. The van der Waals surface area contributed by atoms with Crippen LogP contribution in [0.25, 0.3) is 11.3 Å². The SMILES string of the molecule is Cn1nc(-c2ccccc2)cc1C(=O)N1CCN(c2ccc([N+](=O)[O-])cc2)CC1. The van der Waals surface area contributed by atoms with E-state index in [1.54, 1.807) is 23.9 Å². The van der Waals surface area contributed by atoms with Gasteiger partial charge < -0.3 is 9.80 Å². The van der Waals surface area contributed by atoms with Gasteiger partial charge in [0.2, 0.25) is 0 Å². The number of nitrogens with zero attached hydrogens (tertiary/aromatic N) is 5. The van der Waals surface area contributed by atoms with E-state index in [0.717, 1.165) is 16.9 Å². The average molecular weight is 391 g/mol. The maximum atomic E-state index is 13.0. The summed E-state index contributed by atoms with van der Waals surface area (Å²) in [6, 6.07) is 18.1. The molecule has 0 bridgehead atoms. The Morgan fingerprint density at radius 3 is 2.28 bits per heavy atom. The Labute approximate surface area is 168 Å². The number of rotatable bonds is 4. The van der Waals surface area contributed by atoms with Gasteiger partial charge >= 0.3 is 0 Å². The highest BCUT2D eigenvalue weighted by molar-refractivity contribution is 5.94. The van der Waals surface area contributed by atoms with Gasteiger partial charge in [0.25, 0.3) is 11.6 Å². The van der Waals surface area contributed by atoms with Crippen molar-refractivity contribution in [2.45, 2.75) is 0 Å². The molecular formula is C21H21N5O3. The van der Waals surface area contributed by atoms with Crippen LogP contribution in [-0.2, 0) is 7.05 Å². The van der Waals surface area contributed by atoms with Crippen molar-refractivity contribution in [1.29, 1.82) is 0 Å². The lowest BCUT2D eigenvalue weighted by molar-refractivity contribution is -0.384. The predicted octanol–water partition coefficient (Wildman–Crippen LogP) is 2.96. The van der Waals surface area contributed by atoms with Crippen molar-refractivity contribution >= 4 is 17.3 Å². The number of carbonyl (C=O) groups is 1. The second kappa shape index (κ2) is 7.75. The maximum Gasteiger partial charge on any atom is 0.272 e. The van der Waals surface area contributed by atoms with Crippen LogP contribution >= 0.6 is 0 Å². The molecule has 0 unspecified atom stereocenters. The molecule has 0 spiro atoms. The minimum absolute atomic E-state index is 0.0365. The quantitative estimate of drug-likeness (QED) is 0.504. The maximum absolute atomic E-state index is 13.0. The number of aromatic nitrogens is 2. The summed E-state index contributed by atoms with van der Waals surface area (Å²) in [6.45, 7) is 2.52. The van der Waals surface area contributed by atoms with Crippen molar-refractivity contribution in [2.75, 3.05) is 31.1 Å². The molecule has 0 N–H and O–H groups in total.